The Bertz CT molecular complexity index is 484. The van der Waals surface area contributed by atoms with Crippen molar-refractivity contribution in [1.82, 2.24) is 19.6 Å². The number of hydrogen-bond donors (Lipinski definition) is 3. The largest absolute Gasteiger partial charge is 0.480 e. The Morgan fingerprint density at radius 2 is 1.04 bits per heavy atom. The second kappa shape index (κ2) is 12.8. The maximum absolute atomic E-state index is 11.6. The van der Waals surface area contributed by atoms with Gasteiger partial charge in [0.2, 0.25) is 0 Å². The smallest absolute Gasteiger partial charge is 0.317 e. The molecular formula is C18H34N4O6. The summed E-state index contributed by atoms with van der Waals surface area (Å²) in [5.74, 6) is -1.81. The monoisotopic (exact) mass is 402 g/mol. The molecule has 0 saturated carbocycles. The number of aliphatic carboxylic acids is 2. The first-order valence-corrected chi connectivity index (χ1v) is 9.66. The molecule has 1 atom stereocenters. The summed E-state index contributed by atoms with van der Waals surface area (Å²) in [5.41, 5.74) is 0. The van der Waals surface area contributed by atoms with E-state index in [9.17, 15) is 19.5 Å². The molecule has 1 heterocycles. The first kappa shape index (κ1) is 24.4. The Balaban J connectivity index is 2.89. The normalized spacial score (nSPS) is 20.8. The first-order chi connectivity index (χ1) is 13.2. The van der Waals surface area contributed by atoms with Gasteiger partial charge < -0.3 is 15.3 Å². The summed E-state index contributed by atoms with van der Waals surface area (Å²) in [5, 5.41) is 28.1. The summed E-state index contributed by atoms with van der Waals surface area (Å²) in [6.45, 7) is 8.04. The number of carbonyl (C=O) groups excluding carboxylic acids is 1. The zero-order valence-electron chi connectivity index (χ0n) is 16.9. The number of hydrogen-bond acceptors (Lipinski definition) is 8. The highest BCUT2D eigenvalue weighted by atomic mass is 16.4. The molecule has 0 spiro atoms. The average molecular weight is 402 g/mol. The highest BCUT2D eigenvalue weighted by molar-refractivity contribution is 5.77. The van der Waals surface area contributed by atoms with Gasteiger partial charge >= 0.3 is 11.9 Å². The van der Waals surface area contributed by atoms with Crippen molar-refractivity contribution in [2.75, 3.05) is 78.5 Å². The summed E-state index contributed by atoms with van der Waals surface area (Å²) in [7, 11) is 0. The van der Waals surface area contributed by atoms with Gasteiger partial charge in [0.05, 0.1) is 25.7 Å². The third kappa shape index (κ3) is 11.3. The molecule has 10 nitrogen and oxygen atoms in total. The molecule has 1 fully saturated rings. The van der Waals surface area contributed by atoms with E-state index < -0.39 is 18.0 Å². The molecule has 0 radical (unpaired) electrons. The minimum Gasteiger partial charge on any atom is -0.480 e. The van der Waals surface area contributed by atoms with E-state index >= 15 is 0 Å². The van der Waals surface area contributed by atoms with Gasteiger partial charge in [0.15, 0.2) is 0 Å². The molecule has 1 aliphatic rings. The van der Waals surface area contributed by atoms with E-state index in [2.05, 4.69) is 4.90 Å². The lowest BCUT2D eigenvalue weighted by Gasteiger charge is -2.33. The third-order valence-electron chi connectivity index (χ3n) is 4.62. The molecule has 0 bridgehead atoms. The summed E-state index contributed by atoms with van der Waals surface area (Å²) in [6, 6.07) is 0. The van der Waals surface area contributed by atoms with E-state index in [1.807, 2.05) is 4.90 Å². The van der Waals surface area contributed by atoms with Crippen LogP contribution in [0.2, 0.25) is 0 Å². The van der Waals surface area contributed by atoms with Crippen molar-refractivity contribution in [3.63, 3.8) is 0 Å². The molecule has 0 aromatic heterocycles. The summed E-state index contributed by atoms with van der Waals surface area (Å²) >= 11 is 0. The maximum Gasteiger partial charge on any atom is 0.317 e. The van der Waals surface area contributed by atoms with Crippen molar-refractivity contribution in [3.8, 4) is 0 Å². The number of nitrogens with zero attached hydrogens (tertiary/aromatic N) is 4. The molecule has 0 aromatic rings. The fraction of sp³-hybridized carbons (Fsp3) is 0.833. The average Bonchev–Trinajstić information content (AvgIpc) is 2.55. The summed E-state index contributed by atoms with van der Waals surface area (Å²) < 4.78 is 0. The molecule has 0 aliphatic carbocycles. The van der Waals surface area contributed by atoms with E-state index in [0.29, 0.717) is 65.4 Å². The van der Waals surface area contributed by atoms with Crippen LogP contribution in [0.15, 0.2) is 0 Å². The highest BCUT2D eigenvalue weighted by Gasteiger charge is 2.20. The Morgan fingerprint density at radius 3 is 1.32 bits per heavy atom. The molecule has 1 unspecified atom stereocenters. The van der Waals surface area contributed by atoms with Gasteiger partial charge in [-0.15, -0.1) is 0 Å². The first-order valence-electron chi connectivity index (χ1n) is 9.66. The fourth-order valence-electron chi connectivity index (χ4n) is 3.31. The van der Waals surface area contributed by atoms with Crippen LogP contribution in [0, 0.1) is 0 Å². The maximum atomic E-state index is 11.6. The van der Waals surface area contributed by atoms with E-state index in [1.165, 1.54) is 6.92 Å². The number of β-amino-alcohol motifs (C(OH)–C–C–N with tert-alkyl or cyclic N) is 1. The number of aliphatic hydroxyl groups excluding tert-OH is 1. The molecular weight excluding hydrogens is 368 g/mol. The fourth-order valence-corrected chi connectivity index (χ4v) is 3.31. The van der Waals surface area contributed by atoms with Crippen molar-refractivity contribution in [2.45, 2.75) is 20.0 Å². The second-order valence-electron chi connectivity index (χ2n) is 7.47. The summed E-state index contributed by atoms with van der Waals surface area (Å²) in [4.78, 5) is 41.6. The molecule has 10 heteroatoms. The number of aliphatic hydroxyl groups is 1. The number of carboxylic acids is 2. The van der Waals surface area contributed by atoms with Crippen molar-refractivity contribution >= 4 is 17.7 Å². The topological polar surface area (TPSA) is 125 Å². The molecule has 162 valence electrons. The third-order valence-corrected chi connectivity index (χ3v) is 4.62. The predicted octanol–water partition coefficient (Wildman–Crippen LogP) is -1.65. The van der Waals surface area contributed by atoms with Crippen molar-refractivity contribution in [2.24, 2.45) is 0 Å². The van der Waals surface area contributed by atoms with Gasteiger partial charge in [-0.05, 0) is 13.8 Å². The van der Waals surface area contributed by atoms with Gasteiger partial charge in [-0.3, -0.25) is 34.0 Å². The Hall–Kier alpha value is -1.59. The zero-order chi connectivity index (χ0) is 21.1. The lowest BCUT2D eigenvalue weighted by Crippen LogP contribution is -2.49. The van der Waals surface area contributed by atoms with Crippen LogP contribution in [0.4, 0.5) is 0 Å². The van der Waals surface area contributed by atoms with Gasteiger partial charge in [0.1, 0.15) is 5.78 Å². The molecule has 0 aromatic carbocycles. The van der Waals surface area contributed by atoms with E-state index in [4.69, 9.17) is 10.2 Å². The van der Waals surface area contributed by atoms with Gasteiger partial charge in [-0.1, -0.05) is 0 Å². The van der Waals surface area contributed by atoms with E-state index in [1.54, 1.807) is 16.7 Å². The van der Waals surface area contributed by atoms with Gasteiger partial charge in [0, 0.05) is 58.9 Å². The van der Waals surface area contributed by atoms with Gasteiger partial charge in [-0.25, -0.2) is 0 Å². The standard InChI is InChI=1S/C18H34N4O6/c1-15(23)11-19-3-4-20(12-16(2)24)6-8-22(14-18(27)28)10-9-21(7-5-19)13-17(25)26/h15,23H,3-14H2,1-2H3,(H,25,26)(H,27,28). The van der Waals surface area contributed by atoms with Crippen molar-refractivity contribution in [3.05, 3.63) is 0 Å². The van der Waals surface area contributed by atoms with Crippen LogP contribution < -0.4 is 0 Å². The van der Waals surface area contributed by atoms with Crippen molar-refractivity contribution < 1.29 is 29.7 Å². The predicted molar refractivity (Wildman–Crippen MR) is 103 cm³/mol. The molecule has 1 rings (SSSR count). The van der Waals surface area contributed by atoms with Gasteiger partial charge in [0.25, 0.3) is 0 Å². The SMILES string of the molecule is CC(=O)CN1CCN(CC(=O)O)CCN(CC(=O)O)CCN(CC(C)O)CC1. The van der Waals surface area contributed by atoms with E-state index in [0.717, 1.165) is 0 Å². The number of rotatable bonds is 8. The molecule has 3 N–H and O–H groups in total. The van der Waals surface area contributed by atoms with Crippen LogP contribution in [0.1, 0.15) is 13.8 Å². The number of Topliss-reactive ketones (excluding diaryl/α,β-unsaturated/α-hetero) is 1. The number of ketones is 1. The number of carboxylic acid groups (broad SMARTS) is 2. The van der Waals surface area contributed by atoms with Crippen LogP contribution in [0.25, 0.3) is 0 Å². The van der Waals surface area contributed by atoms with E-state index in [-0.39, 0.29) is 18.9 Å². The molecule has 1 aliphatic heterocycles. The quantitative estimate of drug-likeness (QED) is 0.435. The highest BCUT2D eigenvalue weighted by Crippen LogP contribution is 2.02. The molecule has 0 amide bonds. The lowest BCUT2D eigenvalue weighted by molar-refractivity contribution is -0.140. The molecule has 28 heavy (non-hydrogen) atoms. The Labute approximate surface area is 166 Å². The van der Waals surface area contributed by atoms with Crippen LogP contribution in [0.3, 0.4) is 0 Å². The van der Waals surface area contributed by atoms with Crippen LogP contribution in [0.5, 0.6) is 0 Å². The summed E-state index contributed by atoms with van der Waals surface area (Å²) in [6.07, 6.45) is -0.506. The zero-order valence-corrected chi connectivity index (χ0v) is 16.9. The van der Waals surface area contributed by atoms with Gasteiger partial charge in [-0.2, -0.15) is 0 Å². The minimum atomic E-state index is -0.932. The van der Waals surface area contributed by atoms with Crippen LogP contribution in [-0.4, -0.2) is 137 Å². The number of carbonyl (C=O) groups is 3. The lowest BCUT2D eigenvalue weighted by atomic mass is 10.3. The second-order valence-corrected chi connectivity index (χ2v) is 7.47. The Kier molecular flexibility index (Phi) is 11.2. The van der Waals surface area contributed by atoms with Crippen molar-refractivity contribution in [1.29, 1.82) is 0 Å². The minimum absolute atomic E-state index is 0.0478. The Morgan fingerprint density at radius 1 is 0.714 bits per heavy atom. The molecule has 1 saturated heterocycles. The van der Waals surface area contributed by atoms with Crippen LogP contribution in [-0.2, 0) is 14.4 Å². The van der Waals surface area contributed by atoms with Crippen LogP contribution >= 0.6 is 0 Å².